The first-order valence-corrected chi connectivity index (χ1v) is 13.3. The van der Waals surface area contributed by atoms with Crippen molar-refractivity contribution in [1.82, 2.24) is 15.3 Å². The zero-order valence-electron chi connectivity index (χ0n) is 22.5. The van der Waals surface area contributed by atoms with Crippen molar-refractivity contribution in [1.29, 1.82) is 0 Å². The molecule has 0 unspecified atom stereocenters. The minimum Gasteiger partial charge on any atom is -0.455 e. The van der Waals surface area contributed by atoms with E-state index in [1.165, 1.54) is 12.1 Å². The fraction of sp³-hybridized carbons (Fsp3) is 0.212. The number of aromatic nitrogens is 2. The lowest BCUT2D eigenvalue weighted by atomic mass is 9.88. The lowest BCUT2D eigenvalue weighted by molar-refractivity contribution is 0.0958. The SMILES string of the molecule is CNC(=O)c1c(-c2ccc(F)cc2)oc2ccc(-c3cc(C(=O)CC4(c5cnccn5)CC4)c(C)cc3C)cc12. The normalized spacial score (nSPS) is 13.8. The number of hydrogen-bond acceptors (Lipinski definition) is 5. The van der Waals surface area contributed by atoms with Crippen LogP contribution in [0.4, 0.5) is 4.39 Å². The zero-order valence-corrected chi connectivity index (χ0v) is 22.5. The van der Waals surface area contributed by atoms with Crippen molar-refractivity contribution < 1.29 is 18.4 Å². The van der Waals surface area contributed by atoms with Gasteiger partial charge in [0.25, 0.3) is 5.91 Å². The first kappa shape index (κ1) is 25.6. The van der Waals surface area contributed by atoms with Gasteiger partial charge in [0.15, 0.2) is 5.78 Å². The molecule has 0 spiro atoms. The number of Topliss-reactive ketones (excluding diaryl/α,β-unsaturated/α-hetero) is 1. The van der Waals surface area contributed by atoms with Gasteiger partial charge >= 0.3 is 0 Å². The Morgan fingerprint density at radius 1 is 0.975 bits per heavy atom. The largest absolute Gasteiger partial charge is 0.455 e. The average Bonchev–Trinajstić information content (AvgIpc) is 3.64. The Kier molecular flexibility index (Phi) is 6.29. The number of hydrogen-bond donors (Lipinski definition) is 1. The number of amides is 1. The lowest BCUT2D eigenvalue weighted by Gasteiger charge is -2.16. The summed E-state index contributed by atoms with van der Waals surface area (Å²) in [6, 6.07) is 15.5. The van der Waals surface area contributed by atoms with E-state index < -0.39 is 0 Å². The summed E-state index contributed by atoms with van der Waals surface area (Å²) < 4.78 is 19.7. The van der Waals surface area contributed by atoms with Crippen LogP contribution in [0, 0.1) is 19.7 Å². The number of carbonyl (C=O) groups excluding carboxylic acids is 2. The van der Waals surface area contributed by atoms with E-state index in [1.807, 2.05) is 44.2 Å². The predicted octanol–water partition coefficient (Wildman–Crippen LogP) is 6.98. The number of carbonyl (C=O) groups is 2. The van der Waals surface area contributed by atoms with Crippen LogP contribution in [0.2, 0.25) is 0 Å². The van der Waals surface area contributed by atoms with E-state index in [9.17, 15) is 14.0 Å². The van der Waals surface area contributed by atoms with Gasteiger partial charge in [-0.05, 0) is 91.4 Å². The predicted molar refractivity (Wildman–Crippen MR) is 152 cm³/mol. The van der Waals surface area contributed by atoms with Crippen molar-refractivity contribution in [2.24, 2.45) is 0 Å². The molecule has 6 rings (SSSR count). The smallest absolute Gasteiger partial charge is 0.255 e. The molecule has 1 aliphatic rings. The van der Waals surface area contributed by atoms with Crippen molar-refractivity contribution in [2.45, 2.75) is 38.5 Å². The molecule has 0 atom stereocenters. The lowest BCUT2D eigenvalue weighted by Crippen LogP contribution is -2.18. The van der Waals surface area contributed by atoms with Gasteiger partial charge in [0.2, 0.25) is 0 Å². The summed E-state index contributed by atoms with van der Waals surface area (Å²) in [4.78, 5) is 35.3. The molecule has 1 fully saturated rings. The maximum atomic E-state index is 13.6. The minimum absolute atomic E-state index is 0.0796. The number of aryl methyl sites for hydroxylation is 2. The third-order valence-corrected chi connectivity index (χ3v) is 7.89. The second-order valence-corrected chi connectivity index (χ2v) is 10.6. The molecular formula is C33H28FN3O3. The maximum Gasteiger partial charge on any atom is 0.255 e. The van der Waals surface area contributed by atoms with E-state index in [-0.39, 0.29) is 22.9 Å². The molecule has 200 valence electrons. The Labute approximate surface area is 231 Å². The molecule has 0 aliphatic heterocycles. The summed E-state index contributed by atoms with van der Waals surface area (Å²) in [6.45, 7) is 3.98. The average molecular weight is 534 g/mol. The van der Waals surface area contributed by atoms with E-state index in [1.54, 1.807) is 37.8 Å². The molecule has 1 aliphatic carbocycles. The van der Waals surface area contributed by atoms with E-state index in [0.717, 1.165) is 40.8 Å². The standard InChI is InChI=1S/C33H28FN3O3/c1-19-14-20(2)25(27(38)17-33(10-11-33)29-18-36-12-13-37-29)16-24(19)22-6-9-28-26(15-22)30(32(39)35-3)31(40-28)21-4-7-23(34)8-5-21/h4-9,12-16,18H,10-11,17H2,1-3H3,(H,35,39). The Morgan fingerprint density at radius 3 is 2.40 bits per heavy atom. The van der Waals surface area contributed by atoms with E-state index in [2.05, 4.69) is 15.3 Å². The quantitative estimate of drug-likeness (QED) is 0.228. The molecular weight excluding hydrogens is 505 g/mol. The fourth-order valence-corrected chi connectivity index (χ4v) is 5.53. The van der Waals surface area contributed by atoms with Crippen molar-refractivity contribution in [3.8, 4) is 22.5 Å². The van der Waals surface area contributed by atoms with Crippen LogP contribution >= 0.6 is 0 Å². The van der Waals surface area contributed by atoms with Crippen LogP contribution in [0.5, 0.6) is 0 Å². The Balaban J connectivity index is 1.41. The monoisotopic (exact) mass is 533 g/mol. The van der Waals surface area contributed by atoms with Crippen LogP contribution in [0.3, 0.4) is 0 Å². The molecule has 40 heavy (non-hydrogen) atoms. The Morgan fingerprint density at radius 2 is 1.73 bits per heavy atom. The molecule has 2 heterocycles. The van der Waals surface area contributed by atoms with Gasteiger partial charge in [0.1, 0.15) is 17.2 Å². The Bertz CT molecular complexity index is 1770. The van der Waals surface area contributed by atoms with Gasteiger partial charge in [-0.1, -0.05) is 12.1 Å². The number of ketones is 1. The van der Waals surface area contributed by atoms with Crippen LogP contribution in [0.25, 0.3) is 33.4 Å². The third kappa shape index (κ3) is 4.47. The molecule has 0 bridgehead atoms. The van der Waals surface area contributed by atoms with Crippen LogP contribution in [0.15, 0.2) is 77.6 Å². The first-order valence-electron chi connectivity index (χ1n) is 13.3. The molecule has 1 amide bonds. The zero-order chi connectivity index (χ0) is 28.0. The number of furan rings is 1. The highest BCUT2D eigenvalue weighted by atomic mass is 19.1. The molecule has 5 aromatic rings. The van der Waals surface area contributed by atoms with Crippen molar-refractivity contribution in [3.05, 3.63) is 107 Å². The summed E-state index contributed by atoms with van der Waals surface area (Å²) in [5, 5.41) is 3.34. The fourth-order valence-electron chi connectivity index (χ4n) is 5.53. The highest BCUT2D eigenvalue weighted by molar-refractivity contribution is 6.12. The molecule has 2 aromatic heterocycles. The first-order chi connectivity index (χ1) is 19.3. The molecule has 7 heteroatoms. The van der Waals surface area contributed by atoms with Gasteiger partial charge < -0.3 is 9.73 Å². The molecule has 0 saturated heterocycles. The number of halogens is 1. The van der Waals surface area contributed by atoms with Gasteiger partial charge in [-0.15, -0.1) is 0 Å². The molecule has 3 aromatic carbocycles. The molecule has 0 radical (unpaired) electrons. The Hall–Kier alpha value is -4.65. The highest BCUT2D eigenvalue weighted by Gasteiger charge is 2.47. The summed E-state index contributed by atoms with van der Waals surface area (Å²) >= 11 is 0. The maximum absolute atomic E-state index is 13.6. The van der Waals surface area contributed by atoms with Crippen LogP contribution < -0.4 is 5.32 Å². The van der Waals surface area contributed by atoms with Gasteiger partial charge in [-0.3, -0.25) is 19.6 Å². The number of fused-ring (bicyclic) bond motifs is 1. The third-order valence-electron chi connectivity index (χ3n) is 7.89. The van der Waals surface area contributed by atoms with E-state index in [4.69, 9.17) is 4.42 Å². The summed E-state index contributed by atoms with van der Waals surface area (Å²) in [6.07, 6.45) is 7.31. The van der Waals surface area contributed by atoms with Gasteiger partial charge in [0, 0.05) is 54.0 Å². The summed E-state index contributed by atoms with van der Waals surface area (Å²) in [7, 11) is 1.56. The van der Waals surface area contributed by atoms with Gasteiger partial charge in [-0.2, -0.15) is 0 Å². The molecule has 1 N–H and O–H groups in total. The number of benzene rings is 3. The summed E-state index contributed by atoms with van der Waals surface area (Å²) in [5.41, 5.74) is 6.57. The van der Waals surface area contributed by atoms with Gasteiger partial charge in [-0.25, -0.2) is 4.39 Å². The van der Waals surface area contributed by atoms with Crippen LogP contribution in [-0.2, 0) is 5.41 Å². The van der Waals surface area contributed by atoms with Crippen molar-refractivity contribution >= 4 is 22.7 Å². The van der Waals surface area contributed by atoms with Crippen LogP contribution in [0.1, 0.15) is 56.8 Å². The van der Waals surface area contributed by atoms with Crippen molar-refractivity contribution in [3.63, 3.8) is 0 Å². The number of nitrogens with one attached hydrogen (secondary N) is 1. The van der Waals surface area contributed by atoms with Crippen molar-refractivity contribution in [2.75, 3.05) is 7.05 Å². The molecule has 1 saturated carbocycles. The van der Waals surface area contributed by atoms with E-state index >= 15 is 0 Å². The second kappa shape index (κ2) is 9.83. The molecule has 6 nitrogen and oxygen atoms in total. The minimum atomic E-state index is -0.367. The number of nitrogens with zero attached hydrogens (tertiary/aromatic N) is 2. The highest BCUT2D eigenvalue weighted by Crippen LogP contribution is 2.50. The topological polar surface area (TPSA) is 85.1 Å². The summed E-state index contributed by atoms with van der Waals surface area (Å²) in [5.74, 6) is -0.212. The van der Waals surface area contributed by atoms with Gasteiger partial charge in [0.05, 0.1) is 11.3 Å². The second-order valence-electron chi connectivity index (χ2n) is 10.6. The van der Waals surface area contributed by atoms with E-state index in [0.29, 0.717) is 39.8 Å². The van der Waals surface area contributed by atoms with Crippen LogP contribution in [-0.4, -0.2) is 28.7 Å². The number of rotatable bonds is 7.